The number of benzene rings is 1. The van der Waals surface area contributed by atoms with Crippen molar-refractivity contribution in [3.05, 3.63) is 52.7 Å². The van der Waals surface area contributed by atoms with Gasteiger partial charge in [0.1, 0.15) is 5.75 Å². The monoisotopic (exact) mass is 354 g/mol. The Morgan fingerprint density at radius 3 is 2.52 bits per heavy atom. The molecule has 1 saturated carbocycles. The fourth-order valence-corrected chi connectivity index (χ4v) is 3.76. The van der Waals surface area contributed by atoms with E-state index in [-0.39, 0.29) is 0 Å². The van der Waals surface area contributed by atoms with Gasteiger partial charge in [0, 0.05) is 28.0 Å². The molecule has 2 heterocycles. The lowest BCUT2D eigenvalue weighted by Crippen LogP contribution is -2.37. The van der Waals surface area contributed by atoms with E-state index < -0.39 is 0 Å². The lowest BCUT2D eigenvalue weighted by atomic mass is 10.2. The number of hydrogen-bond donors (Lipinski definition) is 2. The molecule has 0 radical (unpaired) electrons. The second kappa shape index (κ2) is 6.52. The number of thioether (sulfide) groups is 1. The molecule has 0 amide bonds. The number of hydrogen-bond acceptors (Lipinski definition) is 4. The van der Waals surface area contributed by atoms with Gasteiger partial charge in [-0.2, -0.15) is 0 Å². The minimum absolute atomic E-state index is 0.520. The Morgan fingerprint density at radius 1 is 1.16 bits per heavy atom. The van der Waals surface area contributed by atoms with E-state index in [9.17, 15) is 0 Å². The van der Waals surface area contributed by atoms with E-state index >= 15 is 0 Å². The summed E-state index contributed by atoms with van der Waals surface area (Å²) in [4.78, 5) is 4.63. The Hall–Kier alpha value is -2.34. The van der Waals surface area contributed by atoms with Gasteiger partial charge in [0.25, 0.3) is 0 Å². The molecule has 0 unspecified atom stereocenters. The summed E-state index contributed by atoms with van der Waals surface area (Å²) in [5.41, 5.74) is 12.3. The number of aliphatic imine (C=N–C) groups is 1. The average molecular weight is 354 g/mol. The van der Waals surface area contributed by atoms with Crippen molar-refractivity contribution in [3.8, 4) is 11.4 Å². The lowest BCUT2D eigenvalue weighted by molar-refractivity contribution is 0.414. The highest BCUT2D eigenvalue weighted by atomic mass is 32.2. The Bertz CT molecular complexity index is 847. The second-order valence-corrected chi connectivity index (χ2v) is 7.24. The first kappa shape index (κ1) is 16.1. The minimum Gasteiger partial charge on any atom is -0.497 e. The molecule has 5 nitrogen and oxygen atoms in total. The predicted octanol–water partition coefficient (Wildman–Crippen LogP) is 3.76. The summed E-state index contributed by atoms with van der Waals surface area (Å²) < 4.78 is 7.52. The number of nitrogens with zero attached hydrogens (tertiary/aromatic N) is 2. The number of aromatic nitrogens is 1. The molecule has 1 aliphatic carbocycles. The van der Waals surface area contributed by atoms with Gasteiger partial charge in [-0.1, -0.05) is 11.8 Å². The second-order valence-electron chi connectivity index (χ2n) is 6.38. The normalized spacial score (nSPS) is 18.5. The molecule has 1 aliphatic heterocycles. The van der Waals surface area contributed by atoms with Crippen molar-refractivity contribution in [1.82, 2.24) is 15.4 Å². The van der Waals surface area contributed by atoms with Crippen LogP contribution in [-0.2, 0) is 0 Å². The van der Waals surface area contributed by atoms with E-state index in [1.54, 1.807) is 18.9 Å². The number of aryl methyl sites for hydroxylation is 1. The molecule has 130 valence electrons. The molecule has 2 N–H and O–H groups in total. The maximum absolute atomic E-state index is 5.26. The molecular weight excluding hydrogens is 332 g/mol. The molecule has 0 atom stereocenters. The van der Waals surface area contributed by atoms with Gasteiger partial charge in [0.15, 0.2) is 5.17 Å². The molecule has 0 bridgehead atoms. The van der Waals surface area contributed by atoms with Crippen LogP contribution < -0.4 is 15.6 Å². The predicted molar refractivity (Wildman–Crippen MR) is 104 cm³/mol. The standard InChI is InChI=1S/C19H22N4OS/c1-12-10-17(18-11-25-19(22-21-18)20-14-4-5-14)13(2)23(12)15-6-8-16(24-3)9-7-15/h6-11,14,21H,4-5H2,1-3H3,(H,20,22). The maximum atomic E-state index is 5.26. The van der Waals surface area contributed by atoms with Crippen LogP contribution >= 0.6 is 11.8 Å². The Morgan fingerprint density at radius 2 is 1.92 bits per heavy atom. The quantitative estimate of drug-likeness (QED) is 0.878. The molecule has 25 heavy (non-hydrogen) atoms. The third kappa shape index (κ3) is 3.26. The summed E-state index contributed by atoms with van der Waals surface area (Å²) >= 11 is 1.65. The SMILES string of the molecule is COc1ccc(-n2c(C)cc(C3=CSC(=NC4CC4)NN3)c2C)cc1. The smallest absolute Gasteiger partial charge is 0.180 e. The number of amidine groups is 1. The Kier molecular flexibility index (Phi) is 4.21. The highest BCUT2D eigenvalue weighted by molar-refractivity contribution is 8.16. The Labute approximate surface area is 152 Å². The summed E-state index contributed by atoms with van der Waals surface area (Å²) in [6.45, 7) is 4.28. The van der Waals surface area contributed by atoms with Crippen LogP contribution in [0.2, 0.25) is 0 Å². The molecule has 1 aromatic carbocycles. The summed E-state index contributed by atoms with van der Waals surface area (Å²) in [5, 5.41) is 3.09. The average Bonchev–Trinajstić information content (AvgIpc) is 3.40. The van der Waals surface area contributed by atoms with Crippen molar-refractivity contribution in [2.45, 2.75) is 32.7 Å². The molecule has 4 rings (SSSR count). The van der Waals surface area contributed by atoms with E-state index in [2.05, 4.69) is 57.9 Å². The van der Waals surface area contributed by atoms with Gasteiger partial charge in [0.2, 0.25) is 0 Å². The van der Waals surface area contributed by atoms with Crippen LogP contribution in [0.1, 0.15) is 29.8 Å². The van der Waals surface area contributed by atoms with Gasteiger partial charge in [-0.05, 0) is 57.0 Å². The topological polar surface area (TPSA) is 50.6 Å². The van der Waals surface area contributed by atoms with Crippen molar-refractivity contribution in [1.29, 1.82) is 0 Å². The molecule has 6 heteroatoms. The summed E-state index contributed by atoms with van der Waals surface area (Å²) in [7, 11) is 1.69. The summed E-state index contributed by atoms with van der Waals surface area (Å²) in [6, 6.07) is 10.9. The van der Waals surface area contributed by atoms with Crippen LogP contribution in [0.3, 0.4) is 0 Å². The van der Waals surface area contributed by atoms with E-state index in [0.717, 1.165) is 22.3 Å². The highest BCUT2D eigenvalue weighted by Crippen LogP contribution is 2.30. The fraction of sp³-hybridized carbons (Fsp3) is 0.316. The van der Waals surface area contributed by atoms with Gasteiger partial charge in [-0.15, -0.1) is 0 Å². The van der Waals surface area contributed by atoms with Gasteiger partial charge >= 0.3 is 0 Å². The molecule has 1 fully saturated rings. The molecule has 2 aliphatic rings. The van der Waals surface area contributed by atoms with Crippen molar-refractivity contribution >= 4 is 22.6 Å². The van der Waals surface area contributed by atoms with Crippen LogP contribution in [0.4, 0.5) is 0 Å². The van der Waals surface area contributed by atoms with Crippen molar-refractivity contribution in [3.63, 3.8) is 0 Å². The van der Waals surface area contributed by atoms with Gasteiger partial charge in [0.05, 0.1) is 18.8 Å². The first-order chi connectivity index (χ1) is 12.2. The molecule has 0 saturated heterocycles. The van der Waals surface area contributed by atoms with Crippen LogP contribution in [-0.4, -0.2) is 22.9 Å². The van der Waals surface area contributed by atoms with Crippen LogP contribution in [0.15, 0.2) is 40.7 Å². The maximum Gasteiger partial charge on any atom is 0.180 e. The number of hydrazine groups is 1. The van der Waals surface area contributed by atoms with Crippen molar-refractivity contribution in [2.24, 2.45) is 4.99 Å². The highest BCUT2D eigenvalue weighted by Gasteiger charge is 2.23. The van der Waals surface area contributed by atoms with Crippen molar-refractivity contribution in [2.75, 3.05) is 7.11 Å². The van der Waals surface area contributed by atoms with Crippen LogP contribution in [0.5, 0.6) is 5.75 Å². The van der Waals surface area contributed by atoms with E-state index in [1.807, 2.05) is 12.1 Å². The largest absolute Gasteiger partial charge is 0.497 e. The minimum atomic E-state index is 0.520. The van der Waals surface area contributed by atoms with Crippen LogP contribution in [0, 0.1) is 13.8 Å². The van der Waals surface area contributed by atoms with E-state index in [0.29, 0.717) is 6.04 Å². The molecule has 1 aromatic heterocycles. The zero-order chi connectivity index (χ0) is 17.4. The number of methoxy groups -OCH3 is 1. The first-order valence-corrected chi connectivity index (χ1v) is 9.34. The Balaban J connectivity index is 1.62. The summed E-state index contributed by atoms with van der Waals surface area (Å²) in [5.74, 6) is 0.867. The number of nitrogens with one attached hydrogen (secondary N) is 2. The van der Waals surface area contributed by atoms with E-state index in [1.165, 1.54) is 29.8 Å². The molecule has 0 spiro atoms. The lowest BCUT2D eigenvalue weighted by Gasteiger charge is -2.19. The zero-order valence-electron chi connectivity index (χ0n) is 14.7. The first-order valence-electron chi connectivity index (χ1n) is 8.46. The van der Waals surface area contributed by atoms with Crippen molar-refractivity contribution < 1.29 is 4.74 Å². The number of rotatable bonds is 4. The third-order valence-electron chi connectivity index (χ3n) is 4.49. The van der Waals surface area contributed by atoms with Gasteiger partial charge in [-0.3, -0.25) is 15.8 Å². The number of ether oxygens (including phenoxy) is 1. The molecule has 2 aromatic rings. The fourth-order valence-electron chi connectivity index (χ4n) is 3.02. The van der Waals surface area contributed by atoms with Crippen LogP contribution in [0.25, 0.3) is 11.4 Å². The summed E-state index contributed by atoms with van der Waals surface area (Å²) in [6.07, 6.45) is 2.43. The molecular formula is C19H22N4OS. The zero-order valence-corrected chi connectivity index (χ0v) is 15.5. The van der Waals surface area contributed by atoms with Gasteiger partial charge < -0.3 is 9.30 Å². The third-order valence-corrected chi connectivity index (χ3v) is 5.28. The van der Waals surface area contributed by atoms with Gasteiger partial charge in [-0.25, -0.2) is 0 Å². The van der Waals surface area contributed by atoms with E-state index in [4.69, 9.17) is 4.74 Å².